The maximum Gasteiger partial charge on any atom is 0.242 e. The molecule has 0 amide bonds. The van der Waals surface area contributed by atoms with Crippen molar-refractivity contribution in [2.75, 3.05) is 28.2 Å². The third-order valence-electron chi connectivity index (χ3n) is 2.66. The minimum atomic E-state index is -2.71. The van der Waals surface area contributed by atoms with Gasteiger partial charge >= 0.3 is 0 Å². The molecule has 1 unspecified atom stereocenters. The van der Waals surface area contributed by atoms with Crippen LogP contribution in [0.5, 0.6) is 0 Å². The molecule has 0 aliphatic rings. The predicted octanol–water partition coefficient (Wildman–Crippen LogP) is 3.53. The average molecular weight is 294 g/mol. The largest absolute Gasteiger partial charge is 0.405 e. The monoisotopic (exact) mass is 294 g/mol. The van der Waals surface area contributed by atoms with Crippen molar-refractivity contribution in [3.63, 3.8) is 0 Å². The van der Waals surface area contributed by atoms with Gasteiger partial charge in [0.2, 0.25) is 7.44 Å². The van der Waals surface area contributed by atoms with Gasteiger partial charge in [0.1, 0.15) is 5.85 Å². The van der Waals surface area contributed by atoms with Gasteiger partial charge in [0, 0.05) is 0 Å². The highest BCUT2D eigenvalue weighted by Gasteiger charge is 2.47. The van der Waals surface area contributed by atoms with E-state index in [9.17, 15) is 4.57 Å². The van der Waals surface area contributed by atoms with Crippen molar-refractivity contribution in [2.45, 2.75) is 46.3 Å². The smallest absolute Gasteiger partial charge is 0.242 e. The van der Waals surface area contributed by atoms with Crippen LogP contribution in [0.25, 0.3) is 0 Å². The molecule has 0 radical (unpaired) electrons. The Hall–Kier alpha value is 0.327. The van der Waals surface area contributed by atoms with Gasteiger partial charge in [-0.3, -0.25) is 4.57 Å². The summed E-state index contributed by atoms with van der Waals surface area (Å²) in [6, 6.07) is 0. The average Bonchev–Trinajstić information content (AvgIpc) is 2.09. The molecule has 6 heteroatoms. The fourth-order valence-electron chi connectivity index (χ4n) is 1.86. The molecule has 4 nitrogen and oxygen atoms in total. The molecular weight excluding hydrogens is 263 g/mol. The third-order valence-corrected chi connectivity index (χ3v) is 7.58. The van der Waals surface area contributed by atoms with E-state index in [4.69, 9.17) is 4.43 Å². The molecule has 0 fully saturated rings. The summed E-state index contributed by atoms with van der Waals surface area (Å²) in [5.74, 6) is -0.276. The Labute approximate surface area is 114 Å². The van der Waals surface area contributed by atoms with E-state index in [2.05, 4.69) is 40.4 Å². The Morgan fingerprint density at radius 3 is 1.50 bits per heavy atom. The lowest BCUT2D eigenvalue weighted by Crippen LogP contribution is -2.44. The molecule has 1 atom stereocenters. The summed E-state index contributed by atoms with van der Waals surface area (Å²) in [7, 11) is 3.00. The normalized spacial score (nSPS) is 16.4. The molecule has 0 aromatic rings. The van der Waals surface area contributed by atoms with Crippen molar-refractivity contribution >= 4 is 15.8 Å². The zero-order valence-corrected chi connectivity index (χ0v) is 15.6. The first-order valence-electron chi connectivity index (χ1n) is 6.36. The van der Waals surface area contributed by atoms with Crippen molar-refractivity contribution in [1.82, 2.24) is 9.34 Å². The van der Waals surface area contributed by atoms with E-state index in [0.717, 1.165) is 0 Å². The quantitative estimate of drug-likeness (QED) is 0.573. The molecule has 18 heavy (non-hydrogen) atoms. The van der Waals surface area contributed by atoms with Gasteiger partial charge in [-0.2, -0.15) is 0 Å². The van der Waals surface area contributed by atoms with E-state index in [1.165, 1.54) is 0 Å². The van der Waals surface area contributed by atoms with Crippen LogP contribution in [0, 0.1) is 5.41 Å². The Morgan fingerprint density at radius 1 is 1.00 bits per heavy atom. The van der Waals surface area contributed by atoms with Gasteiger partial charge < -0.3 is 4.43 Å². The topological polar surface area (TPSA) is 32.8 Å². The van der Waals surface area contributed by atoms with E-state index in [1.807, 2.05) is 37.5 Å². The van der Waals surface area contributed by atoms with Gasteiger partial charge in [-0.25, -0.2) is 9.34 Å². The summed E-state index contributed by atoms with van der Waals surface area (Å²) in [5.41, 5.74) is -0.162. The highest BCUT2D eigenvalue weighted by Crippen LogP contribution is 2.60. The molecule has 0 heterocycles. The van der Waals surface area contributed by atoms with Gasteiger partial charge in [0.05, 0.1) is 0 Å². The fourth-order valence-corrected chi connectivity index (χ4v) is 6.95. The second-order valence-electron chi connectivity index (χ2n) is 7.23. The minimum Gasteiger partial charge on any atom is -0.405 e. The maximum atomic E-state index is 13.4. The number of hydrogen-bond donors (Lipinski definition) is 0. The summed E-state index contributed by atoms with van der Waals surface area (Å²) < 4.78 is 23.3. The van der Waals surface area contributed by atoms with Gasteiger partial charge in [-0.05, 0) is 53.2 Å². The van der Waals surface area contributed by atoms with Crippen molar-refractivity contribution in [1.29, 1.82) is 0 Å². The summed E-state index contributed by atoms with van der Waals surface area (Å²) >= 11 is 0. The highest BCUT2D eigenvalue weighted by molar-refractivity contribution is 7.59. The van der Waals surface area contributed by atoms with Crippen molar-refractivity contribution in [3.05, 3.63) is 0 Å². The molecule has 0 saturated heterocycles. The SMILES string of the molecule is CN(C)P(=O)(C(O[Si](C)(C)C)C(C)(C)C)N(C)C. The zero-order valence-electron chi connectivity index (χ0n) is 13.7. The molecule has 0 bridgehead atoms. The molecule has 0 aliphatic carbocycles. The second-order valence-corrected chi connectivity index (χ2v) is 14.9. The van der Waals surface area contributed by atoms with Gasteiger partial charge in [0.15, 0.2) is 8.32 Å². The summed E-state index contributed by atoms with van der Waals surface area (Å²) in [5, 5.41) is 0. The molecule has 0 aliphatic heterocycles. The Kier molecular flexibility index (Phi) is 5.86. The maximum absolute atomic E-state index is 13.4. The molecule has 0 spiro atoms. The number of nitrogens with zero attached hydrogens (tertiary/aromatic N) is 2. The molecule has 0 rings (SSSR count). The third kappa shape index (κ3) is 4.46. The molecule has 0 aromatic heterocycles. The Morgan fingerprint density at radius 2 is 1.33 bits per heavy atom. The first kappa shape index (κ1) is 18.3. The van der Waals surface area contributed by atoms with Crippen LogP contribution >= 0.6 is 7.44 Å². The second kappa shape index (κ2) is 5.76. The van der Waals surface area contributed by atoms with Crippen LogP contribution in [0.1, 0.15) is 20.8 Å². The standard InChI is InChI=1S/C12H31N2O2PSi/c1-12(2,3)11(16-18(8,9)10)17(15,13(4)5)14(6)7/h11H,1-10H3. The van der Waals surface area contributed by atoms with Crippen molar-refractivity contribution in [2.24, 2.45) is 5.41 Å². The Bertz CT molecular complexity index is 307. The summed E-state index contributed by atoms with van der Waals surface area (Å²) in [4.78, 5) is 0. The highest BCUT2D eigenvalue weighted by atomic mass is 31.2. The van der Waals surface area contributed by atoms with E-state index in [-0.39, 0.29) is 11.3 Å². The van der Waals surface area contributed by atoms with Crippen LogP contribution in [0.15, 0.2) is 0 Å². The van der Waals surface area contributed by atoms with Crippen LogP contribution in [-0.2, 0) is 8.99 Å². The number of hydrogen-bond acceptors (Lipinski definition) is 2. The van der Waals surface area contributed by atoms with Crippen LogP contribution in [-0.4, -0.2) is 51.7 Å². The molecule has 0 saturated carbocycles. The van der Waals surface area contributed by atoms with E-state index in [1.54, 1.807) is 0 Å². The zero-order chi connectivity index (χ0) is 14.9. The van der Waals surface area contributed by atoms with Gasteiger partial charge in [0.25, 0.3) is 0 Å². The van der Waals surface area contributed by atoms with Crippen LogP contribution in [0.4, 0.5) is 0 Å². The molecule has 0 aromatic carbocycles. The fraction of sp³-hybridized carbons (Fsp3) is 1.00. The first-order chi connectivity index (χ1) is 7.73. The van der Waals surface area contributed by atoms with Gasteiger partial charge in [-0.1, -0.05) is 20.8 Å². The lowest BCUT2D eigenvalue weighted by molar-refractivity contribution is 0.132. The summed E-state index contributed by atoms with van der Waals surface area (Å²) in [6.45, 7) is 12.7. The predicted molar refractivity (Wildman–Crippen MR) is 82.7 cm³/mol. The van der Waals surface area contributed by atoms with E-state index >= 15 is 0 Å². The van der Waals surface area contributed by atoms with Crippen molar-refractivity contribution in [3.8, 4) is 0 Å². The molecule has 110 valence electrons. The first-order valence-corrected chi connectivity index (χ1v) is 11.4. The molecular formula is C12H31N2O2PSi. The van der Waals surface area contributed by atoms with Crippen LogP contribution in [0.2, 0.25) is 19.6 Å². The Balaban J connectivity index is 5.63. The number of rotatable bonds is 5. The van der Waals surface area contributed by atoms with E-state index in [0.29, 0.717) is 0 Å². The van der Waals surface area contributed by atoms with Crippen LogP contribution in [0.3, 0.4) is 0 Å². The van der Waals surface area contributed by atoms with Gasteiger partial charge in [-0.15, -0.1) is 0 Å². The van der Waals surface area contributed by atoms with Crippen LogP contribution < -0.4 is 0 Å². The lowest BCUT2D eigenvalue weighted by atomic mass is 9.98. The van der Waals surface area contributed by atoms with E-state index < -0.39 is 15.8 Å². The molecule has 0 N–H and O–H groups in total. The van der Waals surface area contributed by atoms with Crippen molar-refractivity contribution < 1.29 is 8.99 Å². The minimum absolute atomic E-state index is 0.162. The lowest BCUT2D eigenvalue weighted by Gasteiger charge is -2.45. The summed E-state index contributed by atoms with van der Waals surface area (Å²) in [6.07, 6.45) is 0.